The molecule has 0 aromatic heterocycles. The Kier molecular flexibility index (Phi) is 3.06. The van der Waals surface area contributed by atoms with E-state index in [-0.39, 0.29) is 11.4 Å². The molecule has 0 radical (unpaired) electrons. The summed E-state index contributed by atoms with van der Waals surface area (Å²) in [6.07, 6.45) is 4.26. The first-order valence-corrected chi connectivity index (χ1v) is 5.74. The van der Waals surface area contributed by atoms with Gasteiger partial charge in [-0.1, -0.05) is 25.1 Å². The van der Waals surface area contributed by atoms with Crippen molar-refractivity contribution in [3.63, 3.8) is 0 Å². The molecule has 2 rings (SSSR count). The van der Waals surface area contributed by atoms with Crippen molar-refractivity contribution in [3.8, 4) is 0 Å². The molecule has 1 atom stereocenters. The van der Waals surface area contributed by atoms with E-state index in [2.05, 4.69) is 12.2 Å². The van der Waals surface area contributed by atoms with Crippen molar-refractivity contribution in [2.75, 3.05) is 6.54 Å². The third-order valence-corrected chi connectivity index (χ3v) is 3.50. The fraction of sp³-hybridized carbons (Fsp3) is 0.538. The zero-order valence-electron chi connectivity index (χ0n) is 9.22. The first kappa shape index (κ1) is 10.6. The second kappa shape index (κ2) is 4.31. The van der Waals surface area contributed by atoms with Crippen molar-refractivity contribution in [1.82, 2.24) is 5.32 Å². The quantitative estimate of drug-likeness (QED) is 0.803. The molecule has 1 heterocycles. The van der Waals surface area contributed by atoms with Gasteiger partial charge in [0.05, 0.1) is 0 Å². The molecular formula is C13H18FN. The average molecular weight is 207 g/mol. The molecule has 1 unspecified atom stereocenters. The number of halogens is 1. The van der Waals surface area contributed by atoms with E-state index in [4.69, 9.17) is 0 Å². The van der Waals surface area contributed by atoms with Crippen LogP contribution in [0.25, 0.3) is 0 Å². The molecule has 15 heavy (non-hydrogen) atoms. The van der Waals surface area contributed by atoms with E-state index < -0.39 is 0 Å². The smallest absolute Gasteiger partial charge is 0.126 e. The van der Waals surface area contributed by atoms with Gasteiger partial charge >= 0.3 is 0 Å². The van der Waals surface area contributed by atoms with Gasteiger partial charge in [-0.05, 0) is 43.9 Å². The second-order valence-electron chi connectivity index (χ2n) is 4.43. The van der Waals surface area contributed by atoms with Crippen molar-refractivity contribution in [2.45, 2.75) is 38.1 Å². The minimum absolute atomic E-state index is 0.0703. The molecule has 1 N–H and O–H groups in total. The molecule has 82 valence electrons. The molecule has 0 spiro atoms. The van der Waals surface area contributed by atoms with Crippen LogP contribution in [0.1, 0.15) is 31.7 Å². The molecule has 0 amide bonds. The van der Waals surface area contributed by atoms with E-state index in [9.17, 15) is 4.39 Å². The maximum Gasteiger partial charge on any atom is 0.126 e. The topological polar surface area (TPSA) is 12.0 Å². The van der Waals surface area contributed by atoms with Gasteiger partial charge in [0, 0.05) is 5.54 Å². The Bertz CT molecular complexity index is 329. The number of benzene rings is 1. The lowest BCUT2D eigenvalue weighted by Gasteiger charge is -2.28. The van der Waals surface area contributed by atoms with Gasteiger partial charge in [-0.25, -0.2) is 4.39 Å². The van der Waals surface area contributed by atoms with E-state index in [0.29, 0.717) is 0 Å². The van der Waals surface area contributed by atoms with Crippen LogP contribution in [0.5, 0.6) is 0 Å². The highest BCUT2D eigenvalue weighted by molar-refractivity contribution is 5.20. The maximum atomic E-state index is 13.5. The molecule has 1 nitrogen and oxygen atoms in total. The van der Waals surface area contributed by atoms with Gasteiger partial charge in [-0.15, -0.1) is 0 Å². The lowest BCUT2D eigenvalue weighted by atomic mass is 9.87. The van der Waals surface area contributed by atoms with Crippen LogP contribution >= 0.6 is 0 Å². The molecule has 2 heteroatoms. The minimum atomic E-state index is -0.0703. The van der Waals surface area contributed by atoms with Crippen LogP contribution in [-0.2, 0) is 6.42 Å². The van der Waals surface area contributed by atoms with Crippen LogP contribution in [0.15, 0.2) is 24.3 Å². The molecule has 0 aliphatic carbocycles. The third kappa shape index (κ3) is 2.20. The van der Waals surface area contributed by atoms with Crippen molar-refractivity contribution in [1.29, 1.82) is 0 Å². The van der Waals surface area contributed by atoms with Crippen molar-refractivity contribution < 1.29 is 4.39 Å². The van der Waals surface area contributed by atoms with Gasteiger partial charge in [0.1, 0.15) is 5.82 Å². The molecular weight excluding hydrogens is 189 g/mol. The Morgan fingerprint density at radius 3 is 2.80 bits per heavy atom. The normalized spacial score (nSPS) is 25.7. The van der Waals surface area contributed by atoms with E-state index in [1.165, 1.54) is 6.42 Å². The fourth-order valence-corrected chi connectivity index (χ4v) is 2.45. The number of rotatable bonds is 3. The summed E-state index contributed by atoms with van der Waals surface area (Å²) in [6, 6.07) is 7.11. The SMILES string of the molecule is CCC1(Cc2ccccc2F)CCCN1. The van der Waals surface area contributed by atoms with Crippen molar-refractivity contribution in [3.05, 3.63) is 35.6 Å². The minimum Gasteiger partial charge on any atom is -0.311 e. The Hall–Kier alpha value is -0.890. The second-order valence-corrected chi connectivity index (χ2v) is 4.43. The van der Waals surface area contributed by atoms with E-state index >= 15 is 0 Å². The highest BCUT2D eigenvalue weighted by Crippen LogP contribution is 2.27. The standard InChI is InChI=1S/C13H18FN/c1-2-13(8-5-9-15-13)10-11-6-3-4-7-12(11)14/h3-4,6-7,15H,2,5,8-10H2,1H3. The Morgan fingerprint density at radius 2 is 2.20 bits per heavy atom. The third-order valence-electron chi connectivity index (χ3n) is 3.50. The van der Waals surface area contributed by atoms with Crippen LogP contribution < -0.4 is 5.32 Å². The van der Waals surface area contributed by atoms with Gasteiger partial charge in [-0.3, -0.25) is 0 Å². The molecule has 1 saturated heterocycles. The summed E-state index contributed by atoms with van der Waals surface area (Å²) in [6.45, 7) is 3.25. The van der Waals surface area contributed by atoms with Gasteiger partial charge < -0.3 is 5.32 Å². The molecule has 1 aromatic carbocycles. The molecule has 1 aromatic rings. The van der Waals surface area contributed by atoms with Crippen molar-refractivity contribution in [2.24, 2.45) is 0 Å². The van der Waals surface area contributed by atoms with Crippen LogP contribution in [0, 0.1) is 5.82 Å². The maximum absolute atomic E-state index is 13.5. The van der Waals surface area contributed by atoms with Gasteiger partial charge in [-0.2, -0.15) is 0 Å². The summed E-state index contributed by atoms with van der Waals surface area (Å²) in [5.41, 5.74) is 0.983. The summed E-state index contributed by atoms with van der Waals surface area (Å²) in [5, 5.41) is 3.53. The van der Waals surface area contributed by atoms with Gasteiger partial charge in [0.25, 0.3) is 0 Å². The number of hydrogen-bond acceptors (Lipinski definition) is 1. The predicted octanol–water partition coefficient (Wildman–Crippen LogP) is 2.90. The summed E-state index contributed by atoms with van der Waals surface area (Å²) in [4.78, 5) is 0. The fourth-order valence-electron chi connectivity index (χ4n) is 2.45. The monoisotopic (exact) mass is 207 g/mol. The van der Waals surface area contributed by atoms with Gasteiger partial charge in [0.2, 0.25) is 0 Å². The highest BCUT2D eigenvalue weighted by Gasteiger charge is 2.32. The van der Waals surface area contributed by atoms with E-state index in [0.717, 1.165) is 31.4 Å². The van der Waals surface area contributed by atoms with Crippen LogP contribution in [0.4, 0.5) is 4.39 Å². The molecule has 1 fully saturated rings. The summed E-state index contributed by atoms with van der Waals surface area (Å²) >= 11 is 0. The Balaban J connectivity index is 2.16. The highest BCUT2D eigenvalue weighted by atomic mass is 19.1. The first-order valence-electron chi connectivity index (χ1n) is 5.74. The molecule has 0 bridgehead atoms. The molecule has 1 aliphatic heterocycles. The summed E-state index contributed by atoms with van der Waals surface area (Å²) in [7, 11) is 0. The van der Waals surface area contributed by atoms with Crippen LogP contribution in [0.2, 0.25) is 0 Å². The van der Waals surface area contributed by atoms with Crippen LogP contribution in [0.3, 0.4) is 0 Å². The zero-order chi connectivity index (χ0) is 10.7. The lowest BCUT2D eigenvalue weighted by molar-refractivity contribution is 0.355. The van der Waals surface area contributed by atoms with Crippen LogP contribution in [-0.4, -0.2) is 12.1 Å². The first-order chi connectivity index (χ1) is 7.26. The van der Waals surface area contributed by atoms with E-state index in [1.807, 2.05) is 12.1 Å². The predicted molar refractivity (Wildman–Crippen MR) is 60.4 cm³/mol. The molecule has 1 aliphatic rings. The summed E-state index contributed by atoms with van der Waals surface area (Å²) in [5.74, 6) is -0.0703. The average Bonchev–Trinajstić information content (AvgIpc) is 2.71. The lowest BCUT2D eigenvalue weighted by Crippen LogP contribution is -2.41. The van der Waals surface area contributed by atoms with Crippen molar-refractivity contribution >= 4 is 0 Å². The molecule has 0 saturated carbocycles. The zero-order valence-corrected chi connectivity index (χ0v) is 9.22. The number of hydrogen-bond donors (Lipinski definition) is 1. The summed E-state index contributed by atoms with van der Waals surface area (Å²) < 4.78 is 13.5. The number of nitrogens with one attached hydrogen (secondary N) is 1. The Labute approximate surface area is 90.7 Å². The van der Waals surface area contributed by atoms with E-state index in [1.54, 1.807) is 12.1 Å². The Morgan fingerprint density at radius 1 is 1.40 bits per heavy atom. The largest absolute Gasteiger partial charge is 0.311 e. The van der Waals surface area contributed by atoms with Gasteiger partial charge in [0.15, 0.2) is 0 Å².